The number of hydrogen-bond donors (Lipinski definition) is 3. The van der Waals surface area contributed by atoms with Gasteiger partial charge in [0.1, 0.15) is 19.3 Å². The Morgan fingerprint density at radius 1 is 0.280 bits per heavy atom. The van der Waals surface area contributed by atoms with Crippen LogP contribution in [0.15, 0.2) is 0 Å². The van der Waals surface area contributed by atoms with Crippen LogP contribution in [0.4, 0.5) is 0 Å². The molecule has 0 radical (unpaired) electrons. The number of ether oxygens (including phenoxy) is 4. The van der Waals surface area contributed by atoms with Crippen molar-refractivity contribution in [1.82, 2.24) is 0 Å². The molecule has 0 aromatic heterocycles. The van der Waals surface area contributed by atoms with E-state index < -0.39 is 97.5 Å². The molecule has 0 fully saturated rings. The highest BCUT2D eigenvalue weighted by Gasteiger charge is 2.30. The van der Waals surface area contributed by atoms with E-state index in [0.29, 0.717) is 31.6 Å². The zero-order valence-corrected chi connectivity index (χ0v) is 67.6. The molecule has 7 atom stereocenters. The van der Waals surface area contributed by atoms with Crippen molar-refractivity contribution in [1.29, 1.82) is 0 Å². The van der Waals surface area contributed by atoms with Gasteiger partial charge in [0.25, 0.3) is 0 Å². The van der Waals surface area contributed by atoms with Gasteiger partial charge in [0.05, 0.1) is 26.4 Å². The Morgan fingerprint density at radius 2 is 0.480 bits per heavy atom. The molecule has 0 aliphatic rings. The predicted molar refractivity (Wildman–Crippen MR) is 409 cm³/mol. The average Bonchev–Trinajstić information content (AvgIpc) is 0.946. The predicted octanol–water partition coefficient (Wildman–Crippen LogP) is 24.0. The quantitative estimate of drug-likeness (QED) is 0.0222. The van der Waals surface area contributed by atoms with E-state index in [-0.39, 0.29) is 25.7 Å². The third-order valence-corrected chi connectivity index (χ3v) is 21.4. The maximum Gasteiger partial charge on any atom is 0.472 e. The van der Waals surface area contributed by atoms with Crippen molar-refractivity contribution in [3.8, 4) is 0 Å². The van der Waals surface area contributed by atoms with E-state index in [1.165, 1.54) is 212 Å². The molecular weight excluding hydrogens is 1310 g/mol. The van der Waals surface area contributed by atoms with E-state index in [1.54, 1.807) is 0 Å². The molecule has 594 valence electrons. The number of aliphatic hydroxyl groups excluding tert-OH is 1. The summed E-state index contributed by atoms with van der Waals surface area (Å²) in [5.74, 6) is 1.03. The molecule has 0 heterocycles. The summed E-state index contributed by atoms with van der Waals surface area (Å²) in [7, 11) is -9.92. The normalized spacial score (nSPS) is 14.6. The summed E-state index contributed by atoms with van der Waals surface area (Å²) in [6, 6.07) is 0. The van der Waals surface area contributed by atoms with Crippen molar-refractivity contribution in [2.45, 2.75) is 433 Å². The van der Waals surface area contributed by atoms with Crippen molar-refractivity contribution in [3.05, 3.63) is 0 Å². The van der Waals surface area contributed by atoms with Gasteiger partial charge in [0.15, 0.2) is 12.2 Å². The van der Waals surface area contributed by atoms with E-state index in [1.807, 2.05) is 0 Å². The summed E-state index contributed by atoms with van der Waals surface area (Å²) in [4.78, 5) is 73.0. The van der Waals surface area contributed by atoms with Crippen LogP contribution in [0.5, 0.6) is 0 Å². The lowest BCUT2D eigenvalue weighted by Gasteiger charge is -2.21. The van der Waals surface area contributed by atoms with Gasteiger partial charge in [-0.25, -0.2) is 9.13 Å². The zero-order valence-electron chi connectivity index (χ0n) is 65.8. The standard InChI is InChI=1S/C81H158O17P2/c1-9-73(7)59-51-43-34-28-22-18-15-16-20-24-32-38-48-56-63-80(85)97-76(67-91-78(83)61-53-45-36-30-26-25-29-35-44-52-60-74(8)10-2)69-95-99(87,88)93-65-75(82)66-94-100(89,90)96-70-77(68-92-79(84)62-54-46-40-39-42-50-58-72(5)6)98-81(86)64-55-47-37-31-23-19-14-12-11-13-17-21-27-33-41-49-57-71(3)4/h71-77,82H,9-70H2,1-8H3,(H,87,88)(H,89,90)/t73?,74?,75?,76-,77-/m1/s1. The molecule has 0 spiro atoms. The van der Waals surface area contributed by atoms with Crippen LogP contribution in [-0.2, 0) is 65.4 Å². The van der Waals surface area contributed by atoms with Crippen LogP contribution in [0.1, 0.15) is 415 Å². The number of hydrogen-bond acceptors (Lipinski definition) is 15. The summed E-state index contributed by atoms with van der Waals surface area (Å²) in [5, 5.41) is 10.6. The minimum absolute atomic E-state index is 0.107. The summed E-state index contributed by atoms with van der Waals surface area (Å²) in [6.45, 7) is 14.3. The van der Waals surface area contributed by atoms with E-state index >= 15 is 0 Å². The second-order valence-corrected chi connectivity index (χ2v) is 33.5. The molecule has 5 unspecified atom stereocenters. The SMILES string of the molecule is CCC(C)CCCCCCCCCCCCCCCCC(=O)O[C@H](COC(=O)CCCCCCCCCCCCC(C)CC)COP(=O)(O)OCC(O)COP(=O)(O)OC[C@@H](COC(=O)CCCCCCCCC(C)C)OC(=O)CCCCCCCCCCCCCCCCCCC(C)C. The molecule has 0 saturated heterocycles. The third-order valence-electron chi connectivity index (χ3n) is 19.5. The van der Waals surface area contributed by atoms with Gasteiger partial charge in [-0.05, 0) is 49.4 Å². The molecule has 0 aliphatic heterocycles. The minimum Gasteiger partial charge on any atom is -0.462 e. The van der Waals surface area contributed by atoms with Crippen molar-refractivity contribution in [2.75, 3.05) is 39.6 Å². The van der Waals surface area contributed by atoms with Crippen molar-refractivity contribution in [3.63, 3.8) is 0 Å². The van der Waals surface area contributed by atoms with Gasteiger partial charge in [-0.3, -0.25) is 37.3 Å². The number of carbonyl (C=O) groups is 4. The van der Waals surface area contributed by atoms with Crippen LogP contribution in [0, 0.1) is 23.7 Å². The molecule has 0 aromatic rings. The van der Waals surface area contributed by atoms with Gasteiger partial charge < -0.3 is 33.8 Å². The van der Waals surface area contributed by atoms with E-state index in [4.69, 9.17) is 37.0 Å². The lowest BCUT2D eigenvalue weighted by Crippen LogP contribution is -2.30. The number of unbranched alkanes of at least 4 members (excludes halogenated alkanes) is 42. The second-order valence-electron chi connectivity index (χ2n) is 30.6. The van der Waals surface area contributed by atoms with Crippen LogP contribution < -0.4 is 0 Å². The molecule has 0 amide bonds. The zero-order chi connectivity index (χ0) is 73.8. The molecule has 0 aliphatic carbocycles. The van der Waals surface area contributed by atoms with Gasteiger partial charge >= 0.3 is 39.5 Å². The Kier molecular flexibility index (Phi) is 68.7. The van der Waals surface area contributed by atoms with E-state index in [0.717, 1.165) is 114 Å². The minimum atomic E-state index is -4.96. The van der Waals surface area contributed by atoms with Gasteiger partial charge in [-0.1, -0.05) is 364 Å². The Labute approximate surface area is 613 Å². The Bertz CT molecular complexity index is 1960. The Balaban J connectivity index is 5.22. The largest absolute Gasteiger partial charge is 0.472 e. The highest BCUT2D eigenvalue weighted by Crippen LogP contribution is 2.45. The molecule has 0 bridgehead atoms. The smallest absolute Gasteiger partial charge is 0.462 e. The topological polar surface area (TPSA) is 237 Å². The fraction of sp³-hybridized carbons (Fsp3) is 0.951. The van der Waals surface area contributed by atoms with Crippen LogP contribution in [0.2, 0.25) is 0 Å². The number of phosphoric acid groups is 2. The first-order chi connectivity index (χ1) is 48.2. The fourth-order valence-electron chi connectivity index (χ4n) is 12.4. The Hall–Kier alpha value is -1.94. The number of phosphoric ester groups is 2. The first-order valence-corrected chi connectivity index (χ1v) is 44.8. The Morgan fingerprint density at radius 3 is 0.710 bits per heavy atom. The lowest BCUT2D eigenvalue weighted by molar-refractivity contribution is -0.161. The average molecular weight is 1470 g/mol. The third kappa shape index (κ3) is 71.7. The van der Waals surface area contributed by atoms with Crippen molar-refractivity contribution in [2.24, 2.45) is 23.7 Å². The van der Waals surface area contributed by atoms with E-state index in [2.05, 4.69) is 55.4 Å². The number of aliphatic hydroxyl groups is 1. The van der Waals surface area contributed by atoms with Gasteiger partial charge in [-0.15, -0.1) is 0 Å². The summed E-state index contributed by atoms with van der Waals surface area (Å²) < 4.78 is 68.7. The molecular formula is C81H158O17P2. The molecule has 0 saturated carbocycles. The molecule has 3 N–H and O–H groups in total. The van der Waals surface area contributed by atoms with Crippen LogP contribution >= 0.6 is 15.6 Å². The van der Waals surface area contributed by atoms with Crippen LogP contribution in [-0.4, -0.2) is 96.7 Å². The van der Waals surface area contributed by atoms with Gasteiger partial charge in [0.2, 0.25) is 0 Å². The maximum absolute atomic E-state index is 13.1. The summed E-state index contributed by atoms with van der Waals surface area (Å²) in [5.41, 5.74) is 0. The fourth-order valence-corrected chi connectivity index (χ4v) is 13.9. The summed E-state index contributed by atoms with van der Waals surface area (Å²) >= 11 is 0. The summed E-state index contributed by atoms with van der Waals surface area (Å²) in [6.07, 6.45) is 56.9. The highest BCUT2D eigenvalue weighted by molar-refractivity contribution is 7.47. The number of rotatable bonds is 78. The molecule has 0 aromatic carbocycles. The first kappa shape index (κ1) is 98.1. The number of carbonyl (C=O) groups excluding carboxylic acids is 4. The number of esters is 4. The highest BCUT2D eigenvalue weighted by atomic mass is 31.2. The maximum atomic E-state index is 13.1. The lowest BCUT2D eigenvalue weighted by atomic mass is 9.99. The first-order valence-electron chi connectivity index (χ1n) is 41.8. The van der Waals surface area contributed by atoms with E-state index in [9.17, 15) is 43.2 Å². The van der Waals surface area contributed by atoms with Crippen LogP contribution in [0.3, 0.4) is 0 Å². The monoisotopic (exact) mass is 1470 g/mol. The second kappa shape index (κ2) is 70.1. The van der Waals surface area contributed by atoms with Crippen molar-refractivity contribution >= 4 is 39.5 Å². The van der Waals surface area contributed by atoms with Crippen molar-refractivity contribution < 1.29 is 80.2 Å². The molecule has 0 rings (SSSR count). The molecule has 17 nitrogen and oxygen atoms in total. The van der Waals surface area contributed by atoms with Crippen LogP contribution in [0.25, 0.3) is 0 Å². The molecule has 19 heteroatoms. The van der Waals surface area contributed by atoms with Gasteiger partial charge in [0, 0.05) is 25.7 Å². The van der Waals surface area contributed by atoms with Gasteiger partial charge in [-0.2, -0.15) is 0 Å². The molecule has 100 heavy (non-hydrogen) atoms.